The van der Waals surface area contributed by atoms with E-state index in [2.05, 4.69) is 0 Å². The molecule has 1 aromatic carbocycles. The van der Waals surface area contributed by atoms with E-state index >= 15 is 0 Å². The summed E-state index contributed by atoms with van der Waals surface area (Å²) in [5.74, 6) is -7.29. The highest BCUT2D eigenvalue weighted by Crippen LogP contribution is 2.26. The predicted octanol–water partition coefficient (Wildman–Crippen LogP) is 2.71. The van der Waals surface area contributed by atoms with Crippen LogP contribution >= 0.6 is 11.6 Å². The molecule has 0 spiro atoms. The van der Waals surface area contributed by atoms with Crippen LogP contribution in [-0.2, 0) is 0 Å². The van der Waals surface area contributed by atoms with Gasteiger partial charge in [-0.2, -0.15) is 0 Å². The van der Waals surface area contributed by atoms with Gasteiger partial charge in [0.2, 0.25) is 0 Å². The van der Waals surface area contributed by atoms with Crippen LogP contribution in [-0.4, -0.2) is 6.29 Å². The Morgan fingerprint density at radius 2 is 1.46 bits per heavy atom. The lowest BCUT2D eigenvalue weighted by Gasteiger charge is -2.02. The summed E-state index contributed by atoms with van der Waals surface area (Å²) in [6, 6.07) is 0. The first kappa shape index (κ1) is 9.98. The van der Waals surface area contributed by atoms with E-state index in [0.29, 0.717) is 0 Å². The third kappa shape index (κ3) is 1.39. The maximum Gasteiger partial charge on any atom is 0.196 e. The van der Waals surface area contributed by atoms with E-state index in [0.717, 1.165) is 0 Å². The Bertz CT molecular complexity index is 348. The molecule has 0 saturated heterocycles. The molecule has 0 aliphatic heterocycles. The quantitative estimate of drug-likeness (QED) is 0.303. The van der Waals surface area contributed by atoms with E-state index in [4.69, 9.17) is 11.6 Å². The van der Waals surface area contributed by atoms with Gasteiger partial charge in [-0.15, -0.1) is 0 Å². The van der Waals surface area contributed by atoms with Gasteiger partial charge in [-0.25, -0.2) is 17.6 Å². The van der Waals surface area contributed by atoms with Gasteiger partial charge in [-0.05, 0) is 0 Å². The van der Waals surface area contributed by atoms with Gasteiger partial charge in [0.1, 0.15) is 5.02 Å². The summed E-state index contributed by atoms with van der Waals surface area (Å²) >= 11 is 4.92. The van der Waals surface area contributed by atoms with Crippen molar-refractivity contribution >= 4 is 17.9 Å². The summed E-state index contributed by atoms with van der Waals surface area (Å²) in [5.41, 5.74) is -1.22. The van der Waals surface area contributed by atoms with Crippen LogP contribution in [0.2, 0.25) is 5.02 Å². The van der Waals surface area contributed by atoms with Crippen LogP contribution in [0.1, 0.15) is 10.4 Å². The molecule has 0 fully saturated rings. The first-order chi connectivity index (χ1) is 6.00. The minimum Gasteiger partial charge on any atom is -0.298 e. The minimum absolute atomic E-state index is 0.279. The fourth-order valence-corrected chi connectivity index (χ4v) is 0.910. The van der Waals surface area contributed by atoms with Gasteiger partial charge in [-0.1, -0.05) is 11.6 Å². The second-order valence-electron chi connectivity index (χ2n) is 2.10. The first-order valence-electron chi connectivity index (χ1n) is 2.97. The monoisotopic (exact) mass is 212 g/mol. The van der Waals surface area contributed by atoms with Gasteiger partial charge < -0.3 is 0 Å². The molecule has 0 radical (unpaired) electrons. The molecule has 1 rings (SSSR count). The molecule has 0 aromatic heterocycles. The Balaban J connectivity index is 3.66. The average Bonchev–Trinajstić information content (AvgIpc) is 2.13. The number of carbonyl (C=O) groups excluding carboxylic acids is 1. The SMILES string of the molecule is O=Cc1c(F)c(F)c(F)c(Cl)c1F. The van der Waals surface area contributed by atoms with Crippen LogP contribution in [0.3, 0.4) is 0 Å². The van der Waals surface area contributed by atoms with Crippen LogP contribution < -0.4 is 0 Å². The molecule has 0 saturated carbocycles. The van der Waals surface area contributed by atoms with Crippen molar-refractivity contribution in [3.8, 4) is 0 Å². The smallest absolute Gasteiger partial charge is 0.196 e. The van der Waals surface area contributed by atoms with Crippen molar-refractivity contribution < 1.29 is 22.4 Å². The summed E-state index contributed by atoms with van der Waals surface area (Å²) < 4.78 is 50.2. The zero-order chi connectivity index (χ0) is 10.2. The molecule has 0 bridgehead atoms. The van der Waals surface area contributed by atoms with Crippen LogP contribution in [0.15, 0.2) is 0 Å². The van der Waals surface area contributed by atoms with Crippen molar-refractivity contribution in [3.05, 3.63) is 33.9 Å². The van der Waals surface area contributed by atoms with Gasteiger partial charge in [0, 0.05) is 0 Å². The largest absolute Gasteiger partial charge is 0.298 e. The molecular formula is C7HClF4O. The maximum absolute atomic E-state index is 12.7. The van der Waals surface area contributed by atoms with Gasteiger partial charge in [0.05, 0.1) is 5.56 Å². The normalized spacial score (nSPS) is 10.2. The molecule has 70 valence electrons. The van der Waals surface area contributed by atoms with E-state index in [9.17, 15) is 22.4 Å². The Morgan fingerprint density at radius 3 is 1.92 bits per heavy atom. The fourth-order valence-electron chi connectivity index (χ4n) is 0.725. The van der Waals surface area contributed by atoms with Gasteiger partial charge in [0.15, 0.2) is 29.6 Å². The van der Waals surface area contributed by atoms with E-state index in [1.54, 1.807) is 0 Å². The molecule has 0 aliphatic rings. The van der Waals surface area contributed by atoms with Crippen LogP contribution in [0.4, 0.5) is 17.6 Å². The number of aldehydes is 1. The molecule has 0 unspecified atom stereocenters. The van der Waals surface area contributed by atoms with Gasteiger partial charge >= 0.3 is 0 Å². The number of hydrogen-bond donors (Lipinski definition) is 0. The van der Waals surface area contributed by atoms with Crippen molar-refractivity contribution in [3.63, 3.8) is 0 Å². The van der Waals surface area contributed by atoms with Crippen LogP contribution in [0, 0.1) is 23.3 Å². The highest BCUT2D eigenvalue weighted by atomic mass is 35.5. The molecule has 13 heavy (non-hydrogen) atoms. The Hall–Kier alpha value is -1.10. The molecule has 0 heterocycles. The van der Waals surface area contributed by atoms with Crippen molar-refractivity contribution in [2.24, 2.45) is 0 Å². The first-order valence-corrected chi connectivity index (χ1v) is 3.35. The van der Waals surface area contributed by atoms with Crippen molar-refractivity contribution in [1.29, 1.82) is 0 Å². The van der Waals surface area contributed by atoms with Crippen LogP contribution in [0.25, 0.3) is 0 Å². The second-order valence-corrected chi connectivity index (χ2v) is 2.48. The average molecular weight is 213 g/mol. The summed E-state index contributed by atoms with van der Waals surface area (Å²) in [7, 11) is 0. The molecule has 1 aromatic rings. The highest BCUT2D eigenvalue weighted by Gasteiger charge is 2.23. The molecule has 0 atom stereocenters. The van der Waals surface area contributed by atoms with Gasteiger partial charge in [0.25, 0.3) is 0 Å². The standard InChI is InChI=1S/C7HClF4O/c8-3-4(9)2(1-13)5(10)7(12)6(3)11/h1H. The van der Waals surface area contributed by atoms with Gasteiger partial charge in [-0.3, -0.25) is 4.79 Å². The number of hydrogen-bond acceptors (Lipinski definition) is 1. The summed E-state index contributed by atoms with van der Waals surface area (Å²) in [5, 5.41) is -1.24. The second kappa shape index (κ2) is 3.33. The Labute approximate surface area is 74.9 Å². The van der Waals surface area contributed by atoms with E-state index in [-0.39, 0.29) is 6.29 Å². The van der Waals surface area contributed by atoms with Crippen LogP contribution in [0.5, 0.6) is 0 Å². The Kier molecular flexibility index (Phi) is 2.56. The summed E-state index contributed by atoms with van der Waals surface area (Å²) in [6.07, 6.45) is -0.279. The van der Waals surface area contributed by atoms with E-state index < -0.39 is 33.9 Å². The zero-order valence-electron chi connectivity index (χ0n) is 5.88. The lowest BCUT2D eigenvalue weighted by molar-refractivity contribution is 0.111. The third-order valence-electron chi connectivity index (χ3n) is 1.36. The molecule has 0 amide bonds. The number of halogens is 5. The lowest BCUT2D eigenvalue weighted by Crippen LogP contribution is -2.02. The molecule has 1 nitrogen and oxygen atoms in total. The van der Waals surface area contributed by atoms with E-state index in [1.165, 1.54) is 0 Å². The molecule has 6 heteroatoms. The summed E-state index contributed by atoms with van der Waals surface area (Å²) in [4.78, 5) is 10.0. The summed E-state index contributed by atoms with van der Waals surface area (Å²) in [6.45, 7) is 0. The number of carbonyl (C=O) groups is 1. The fraction of sp³-hybridized carbons (Fsp3) is 0. The zero-order valence-corrected chi connectivity index (χ0v) is 6.63. The molecular weight excluding hydrogens is 212 g/mol. The topological polar surface area (TPSA) is 17.1 Å². The molecule has 0 aliphatic carbocycles. The van der Waals surface area contributed by atoms with Crippen molar-refractivity contribution in [2.45, 2.75) is 0 Å². The van der Waals surface area contributed by atoms with Crippen molar-refractivity contribution in [2.75, 3.05) is 0 Å². The third-order valence-corrected chi connectivity index (χ3v) is 1.69. The Morgan fingerprint density at radius 1 is 0.923 bits per heavy atom. The predicted molar refractivity (Wildman–Crippen MR) is 36.7 cm³/mol. The molecule has 0 N–H and O–H groups in total. The maximum atomic E-state index is 12.7. The minimum atomic E-state index is -1.96. The number of rotatable bonds is 1. The lowest BCUT2D eigenvalue weighted by atomic mass is 10.2. The number of benzene rings is 1. The van der Waals surface area contributed by atoms with E-state index in [1.807, 2.05) is 0 Å². The highest BCUT2D eigenvalue weighted by molar-refractivity contribution is 6.31. The van der Waals surface area contributed by atoms with Crippen molar-refractivity contribution in [1.82, 2.24) is 0 Å².